The summed E-state index contributed by atoms with van der Waals surface area (Å²) in [6, 6.07) is 9.35. The van der Waals surface area contributed by atoms with Crippen molar-refractivity contribution in [3.05, 3.63) is 69.3 Å². The summed E-state index contributed by atoms with van der Waals surface area (Å²) in [5.41, 5.74) is 4.05. The molecule has 2 aromatic carbocycles. The SMILES string of the molecule is CCCCP(=O)(C(=O)c1c(C)cccc1C)C(=O)c1c(C)cc(C)cc1C. The maximum absolute atomic E-state index is 14.0. The van der Waals surface area contributed by atoms with Gasteiger partial charge in [-0.05, 0) is 63.3 Å². The summed E-state index contributed by atoms with van der Waals surface area (Å²) in [5.74, 6) is 0. The van der Waals surface area contributed by atoms with Gasteiger partial charge in [0.25, 0.3) is 0 Å². The van der Waals surface area contributed by atoms with E-state index >= 15 is 0 Å². The molecule has 0 N–H and O–H groups in total. The molecule has 4 heteroatoms. The van der Waals surface area contributed by atoms with Crippen LogP contribution in [0.25, 0.3) is 0 Å². The number of carbonyl (C=O) groups is 2. The maximum atomic E-state index is 14.0. The zero-order valence-corrected chi connectivity index (χ0v) is 18.1. The van der Waals surface area contributed by atoms with E-state index in [9.17, 15) is 14.2 Å². The first-order valence-electron chi connectivity index (χ1n) is 9.46. The van der Waals surface area contributed by atoms with Crippen LogP contribution in [0.3, 0.4) is 0 Å². The molecule has 0 aliphatic rings. The van der Waals surface area contributed by atoms with Crippen molar-refractivity contribution < 1.29 is 14.2 Å². The molecule has 1 atom stereocenters. The molecule has 0 saturated carbocycles. The van der Waals surface area contributed by atoms with Gasteiger partial charge in [-0.2, -0.15) is 0 Å². The van der Waals surface area contributed by atoms with E-state index in [-0.39, 0.29) is 6.16 Å². The Labute approximate surface area is 162 Å². The minimum Gasteiger partial charge on any atom is -0.307 e. The van der Waals surface area contributed by atoms with Crippen molar-refractivity contribution in [2.75, 3.05) is 6.16 Å². The van der Waals surface area contributed by atoms with E-state index < -0.39 is 18.2 Å². The summed E-state index contributed by atoms with van der Waals surface area (Å²) in [6.07, 6.45) is 1.49. The van der Waals surface area contributed by atoms with E-state index in [1.807, 2.05) is 71.9 Å². The van der Waals surface area contributed by atoms with Crippen molar-refractivity contribution in [2.24, 2.45) is 0 Å². The Morgan fingerprint density at radius 2 is 1.26 bits per heavy atom. The molecular weight excluding hydrogens is 355 g/mol. The molecule has 2 rings (SSSR count). The van der Waals surface area contributed by atoms with Crippen LogP contribution in [0.15, 0.2) is 30.3 Å². The molecule has 0 radical (unpaired) electrons. The van der Waals surface area contributed by atoms with Gasteiger partial charge in [-0.3, -0.25) is 9.59 Å². The van der Waals surface area contributed by atoms with Crippen LogP contribution in [-0.2, 0) is 4.57 Å². The lowest BCUT2D eigenvalue weighted by atomic mass is 10.0. The van der Waals surface area contributed by atoms with Crippen molar-refractivity contribution in [3.63, 3.8) is 0 Å². The highest BCUT2D eigenvalue weighted by molar-refractivity contribution is 7.95. The maximum Gasteiger partial charge on any atom is 0.229 e. The predicted molar refractivity (Wildman–Crippen MR) is 113 cm³/mol. The van der Waals surface area contributed by atoms with Gasteiger partial charge in [0.1, 0.15) is 0 Å². The number of hydrogen-bond donors (Lipinski definition) is 0. The van der Waals surface area contributed by atoms with Gasteiger partial charge in [-0.25, -0.2) is 0 Å². The zero-order chi connectivity index (χ0) is 20.4. The fourth-order valence-electron chi connectivity index (χ4n) is 3.71. The lowest BCUT2D eigenvalue weighted by Crippen LogP contribution is -2.17. The highest BCUT2D eigenvalue weighted by Crippen LogP contribution is 2.54. The van der Waals surface area contributed by atoms with Crippen molar-refractivity contribution in [1.29, 1.82) is 0 Å². The fourth-order valence-corrected chi connectivity index (χ4v) is 6.49. The van der Waals surface area contributed by atoms with Crippen LogP contribution >= 0.6 is 7.14 Å². The first-order chi connectivity index (χ1) is 12.6. The number of carbonyl (C=O) groups excluding carboxylic acids is 2. The highest BCUT2D eigenvalue weighted by atomic mass is 31.2. The van der Waals surface area contributed by atoms with Crippen LogP contribution in [0.2, 0.25) is 0 Å². The van der Waals surface area contributed by atoms with E-state index in [2.05, 4.69) is 0 Å². The number of benzene rings is 2. The third-order valence-corrected chi connectivity index (χ3v) is 7.77. The molecule has 1 unspecified atom stereocenters. The molecule has 0 aliphatic carbocycles. The van der Waals surface area contributed by atoms with Crippen molar-refractivity contribution in [2.45, 2.75) is 54.4 Å². The summed E-state index contributed by atoms with van der Waals surface area (Å²) in [4.78, 5) is 26.9. The van der Waals surface area contributed by atoms with Gasteiger partial charge in [-0.1, -0.05) is 49.2 Å². The second kappa shape index (κ2) is 8.35. The molecule has 0 bridgehead atoms. The largest absolute Gasteiger partial charge is 0.307 e. The lowest BCUT2D eigenvalue weighted by Gasteiger charge is -2.20. The van der Waals surface area contributed by atoms with Gasteiger partial charge in [-0.15, -0.1) is 0 Å². The Balaban J connectivity index is 2.65. The van der Waals surface area contributed by atoms with Crippen LogP contribution < -0.4 is 0 Å². The van der Waals surface area contributed by atoms with E-state index in [0.29, 0.717) is 17.5 Å². The van der Waals surface area contributed by atoms with Crippen molar-refractivity contribution in [3.8, 4) is 0 Å². The summed E-state index contributed by atoms with van der Waals surface area (Å²) in [6.45, 7) is 11.3. The summed E-state index contributed by atoms with van der Waals surface area (Å²) in [5, 5.41) is 0. The number of aryl methyl sites for hydroxylation is 5. The molecule has 0 aliphatic heterocycles. The zero-order valence-electron chi connectivity index (χ0n) is 17.2. The van der Waals surface area contributed by atoms with E-state index in [1.165, 1.54) is 0 Å². The first-order valence-corrected chi connectivity index (χ1v) is 11.4. The van der Waals surface area contributed by atoms with Gasteiger partial charge < -0.3 is 4.57 Å². The van der Waals surface area contributed by atoms with Crippen LogP contribution in [0, 0.1) is 34.6 Å². The Kier molecular flexibility index (Phi) is 6.59. The van der Waals surface area contributed by atoms with Gasteiger partial charge >= 0.3 is 0 Å². The molecule has 3 nitrogen and oxygen atoms in total. The molecule has 0 saturated heterocycles. The average Bonchev–Trinajstić information content (AvgIpc) is 2.58. The van der Waals surface area contributed by atoms with Crippen LogP contribution in [-0.4, -0.2) is 17.2 Å². The summed E-state index contributed by atoms with van der Waals surface area (Å²) >= 11 is 0. The fraction of sp³-hybridized carbons (Fsp3) is 0.391. The Morgan fingerprint density at radius 1 is 0.815 bits per heavy atom. The molecular formula is C23H29O3P. The molecule has 2 aromatic rings. The molecule has 144 valence electrons. The third-order valence-electron chi connectivity index (χ3n) is 5.07. The van der Waals surface area contributed by atoms with E-state index in [1.54, 1.807) is 0 Å². The first kappa shape index (κ1) is 21.3. The van der Waals surface area contributed by atoms with Gasteiger partial charge in [0, 0.05) is 17.3 Å². The van der Waals surface area contributed by atoms with Gasteiger partial charge in [0.2, 0.25) is 18.2 Å². The summed E-state index contributed by atoms with van der Waals surface area (Å²) < 4.78 is 14.0. The van der Waals surface area contributed by atoms with E-state index in [0.717, 1.165) is 34.2 Å². The highest BCUT2D eigenvalue weighted by Gasteiger charge is 2.42. The molecule has 0 aromatic heterocycles. The second-order valence-corrected chi connectivity index (χ2v) is 10.2. The van der Waals surface area contributed by atoms with Crippen LogP contribution in [0.5, 0.6) is 0 Å². The predicted octanol–water partition coefficient (Wildman–Crippen LogP) is 6.37. The molecule has 0 spiro atoms. The smallest absolute Gasteiger partial charge is 0.229 e. The van der Waals surface area contributed by atoms with Crippen LogP contribution in [0.4, 0.5) is 0 Å². The minimum absolute atomic E-state index is 0.127. The molecule has 0 amide bonds. The topological polar surface area (TPSA) is 51.2 Å². The quantitative estimate of drug-likeness (QED) is 0.521. The minimum atomic E-state index is -3.76. The van der Waals surface area contributed by atoms with Gasteiger partial charge in [0.15, 0.2) is 0 Å². The molecule has 27 heavy (non-hydrogen) atoms. The summed E-state index contributed by atoms with van der Waals surface area (Å²) in [7, 11) is -3.76. The monoisotopic (exact) mass is 384 g/mol. The Hall–Kier alpha value is -1.99. The number of unbranched alkanes of at least 4 members (excludes halogenated alkanes) is 1. The number of hydrogen-bond acceptors (Lipinski definition) is 3. The lowest BCUT2D eigenvalue weighted by molar-refractivity contribution is 0.103. The average molecular weight is 384 g/mol. The molecule has 0 heterocycles. The third kappa shape index (κ3) is 4.14. The standard InChI is InChI=1S/C23H29O3P/c1-7-8-12-27(26,22(24)20-16(3)10-9-11-17(20)4)23(25)21-18(5)13-15(2)14-19(21)6/h9-11,13-14H,7-8,12H2,1-6H3. The van der Waals surface area contributed by atoms with Crippen LogP contribution in [0.1, 0.15) is 68.3 Å². The molecule has 0 fully saturated rings. The Morgan fingerprint density at radius 3 is 1.70 bits per heavy atom. The van der Waals surface area contributed by atoms with E-state index in [4.69, 9.17) is 0 Å². The number of rotatable bonds is 7. The second-order valence-electron chi connectivity index (χ2n) is 7.47. The van der Waals surface area contributed by atoms with Crippen molar-refractivity contribution >= 4 is 18.2 Å². The normalized spacial score (nSPS) is 13.3. The van der Waals surface area contributed by atoms with Gasteiger partial charge in [0.05, 0.1) is 0 Å². The van der Waals surface area contributed by atoms with Crippen molar-refractivity contribution in [1.82, 2.24) is 0 Å². The Bertz CT molecular complexity index is 897.